The van der Waals surface area contributed by atoms with E-state index in [1.165, 1.54) is 0 Å². The second-order valence-electron chi connectivity index (χ2n) is 6.04. The Hall–Kier alpha value is -0.800. The second kappa shape index (κ2) is 10.1. The summed E-state index contributed by atoms with van der Waals surface area (Å²) in [5.74, 6) is 1.69. The van der Waals surface area contributed by atoms with Crippen LogP contribution < -0.4 is 10.6 Å². The molecule has 2 N–H and O–H groups in total. The summed E-state index contributed by atoms with van der Waals surface area (Å²) in [5, 5.41) is 6.71. The predicted octanol–water partition coefficient (Wildman–Crippen LogP) is 2.06. The van der Waals surface area contributed by atoms with E-state index in [9.17, 15) is 0 Å². The number of furan rings is 1. The lowest BCUT2D eigenvalue weighted by molar-refractivity contribution is -0.00834. The van der Waals surface area contributed by atoms with Gasteiger partial charge in [0.15, 0.2) is 5.96 Å². The molecule has 23 heavy (non-hydrogen) atoms. The molecule has 6 nitrogen and oxygen atoms in total. The van der Waals surface area contributed by atoms with Gasteiger partial charge >= 0.3 is 0 Å². The van der Waals surface area contributed by atoms with Gasteiger partial charge in [-0.05, 0) is 32.9 Å². The first-order chi connectivity index (χ1) is 10.6. The zero-order valence-corrected chi connectivity index (χ0v) is 16.6. The average molecular weight is 436 g/mol. The van der Waals surface area contributed by atoms with E-state index < -0.39 is 0 Å². The molecule has 0 aliphatic carbocycles. The summed E-state index contributed by atoms with van der Waals surface area (Å²) < 4.78 is 10.7. The number of nitrogens with one attached hydrogen (secondary N) is 2. The van der Waals surface area contributed by atoms with Gasteiger partial charge in [0.25, 0.3) is 0 Å². The lowest BCUT2D eigenvalue weighted by Crippen LogP contribution is -2.56. The summed E-state index contributed by atoms with van der Waals surface area (Å²) in [6.07, 6.45) is 1.67. The first-order valence-corrected chi connectivity index (χ1v) is 7.99. The molecule has 0 amide bonds. The molecule has 7 heteroatoms. The third-order valence-corrected chi connectivity index (χ3v) is 3.87. The van der Waals surface area contributed by atoms with Crippen molar-refractivity contribution in [1.82, 2.24) is 15.5 Å². The van der Waals surface area contributed by atoms with Crippen LogP contribution in [0.4, 0.5) is 0 Å². The summed E-state index contributed by atoms with van der Waals surface area (Å²) in [6, 6.07) is 3.82. The smallest absolute Gasteiger partial charge is 0.191 e. The first-order valence-electron chi connectivity index (χ1n) is 7.99. The van der Waals surface area contributed by atoms with Gasteiger partial charge in [-0.3, -0.25) is 4.90 Å². The molecule has 1 aliphatic heterocycles. The number of nitrogens with zero attached hydrogens (tertiary/aromatic N) is 2. The molecule has 1 saturated heterocycles. The van der Waals surface area contributed by atoms with Gasteiger partial charge in [-0.1, -0.05) is 0 Å². The summed E-state index contributed by atoms with van der Waals surface area (Å²) in [4.78, 5) is 7.02. The number of hydrogen-bond acceptors (Lipinski definition) is 4. The van der Waals surface area contributed by atoms with Gasteiger partial charge < -0.3 is 19.8 Å². The van der Waals surface area contributed by atoms with Crippen LogP contribution in [0.25, 0.3) is 0 Å². The minimum atomic E-state index is 0. The minimum Gasteiger partial charge on any atom is -0.467 e. The average Bonchev–Trinajstić information content (AvgIpc) is 3.04. The Kier molecular flexibility index (Phi) is 8.93. The van der Waals surface area contributed by atoms with Gasteiger partial charge in [-0.15, -0.1) is 24.0 Å². The lowest BCUT2D eigenvalue weighted by Gasteiger charge is -2.41. The van der Waals surface area contributed by atoms with Crippen molar-refractivity contribution in [3.05, 3.63) is 24.2 Å². The molecule has 0 atom stereocenters. The van der Waals surface area contributed by atoms with Gasteiger partial charge in [0.05, 0.1) is 19.5 Å². The van der Waals surface area contributed by atoms with Crippen molar-refractivity contribution >= 4 is 29.9 Å². The standard InChI is InChI=1S/C16H28N4O2.HI/c1-4-17-15(18-12-14-6-5-9-22-14)19-13-16(2,3)20-7-10-21-11-8-20;/h5-6,9H,4,7-8,10-13H2,1-3H3,(H2,17,18,19);1H. The fourth-order valence-corrected chi connectivity index (χ4v) is 2.48. The van der Waals surface area contributed by atoms with Crippen LogP contribution in [0.5, 0.6) is 0 Å². The molecule has 0 unspecified atom stereocenters. The molecule has 1 aromatic rings. The number of morpholine rings is 1. The van der Waals surface area contributed by atoms with E-state index >= 15 is 0 Å². The predicted molar refractivity (Wildman–Crippen MR) is 103 cm³/mol. The van der Waals surface area contributed by atoms with Crippen LogP contribution in [-0.4, -0.2) is 55.8 Å². The van der Waals surface area contributed by atoms with E-state index in [1.807, 2.05) is 12.1 Å². The van der Waals surface area contributed by atoms with Crippen molar-refractivity contribution in [2.24, 2.45) is 4.99 Å². The lowest BCUT2D eigenvalue weighted by atomic mass is 10.0. The van der Waals surface area contributed by atoms with Crippen molar-refractivity contribution in [3.8, 4) is 0 Å². The van der Waals surface area contributed by atoms with E-state index in [-0.39, 0.29) is 29.5 Å². The Bertz CT molecular complexity index is 457. The Balaban J connectivity index is 0.00000264. The van der Waals surface area contributed by atoms with Crippen LogP contribution >= 0.6 is 24.0 Å². The van der Waals surface area contributed by atoms with Gasteiger partial charge in [0, 0.05) is 31.7 Å². The molecule has 0 radical (unpaired) electrons. The SMILES string of the molecule is CCNC(=NCc1ccco1)NCC(C)(C)N1CCOCC1.I. The highest BCUT2D eigenvalue weighted by molar-refractivity contribution is 14.0. The van der Waals surface area contributed by atoms with Gasteiger partial charge in [0.1, 0.15) is 12.3 Å². The zero-order chi connectivity index (χ0) is 15.8. The first kappa shape index (κ1) is 20.2. The summed E-state index contributed by atoms with van der Waals surface area (Å²) in [5.41, 5.74) is 0.0602. The molecule has 0 bridgehead atoms. The fourth-order valence-electron chi connectivity index (χ4n) is 2.48. The summed E-state index contributed by atoms with van der Waals surface area (Å²) >= 11 is 0. The van der Waals surface area contributed by atoms with E-state index in [2.05, 4.69) is 41.3 Å². The number of rotatable bonds is 6. The van der Waals surface area contributed by atoms with Gasteiger partial charge in [-0.2, -0.15) is 0 Å². The third kappa shape index (κ3) is 6.68. The maximum Gasteiger partial charge on any atom is 0.191 e. The molecule has 0 saturated carbocycles. The van der Waals surface area contributed by atoms with Crippen LogP contribution in [0.3, 0.4) is 0 Å². The molecule has 1 aliphatic rings. The Labute approximate surface area is 156 Å². The van der Waals surface area contributed by atoms with E-state index in [1.54, 1.807) is 6.26 Å². The normalized spacial score (nSPS) is 16.7. The van der Waals surface area contributed by atoms with Crippen molar-refractivity contribution in [1.29, 1.82) is 0 Å². The molecule has 2 heterocycles. The molecule has 1 fully saturated rings. The van der Waals surface area contributed by atoms with E-state index in [0.29, 0.717) is 6.54 Å². The maximum atomic E-state index is 5.43. The van der Waals surface area contributed by atoms with Crippen molar-refractivity contribution in [2.45, 2.75) is 32.9 Å². The highest BCUT2D eigenvalue weighted by atomic mass is 127. The largest absolute Gasteiger partial charge is 0.467 e. The zero-order valence-electron chi connectivity index (χ0n) is 14.3. The van der Waals surface area contributed by atoms with Crippen LogP contribution in [0.2, 0.25) is 0 Å². The van der Waals surface area contributed by atoms with Crippen molar-refractivity contribution in [2.75, 3.05) is 39.4 Å². The number of hydrogen-bond donors (Lipinski definition) is 2. The topological polar surface area (TPSA) is 62.0 Å². The Morgan fingerprint density at radius 2 is 2.04 bits per heavy atom. The monoisotopic (exact) mass is 436 g/mol. The second-order valence-corrected chi connectivity index (χ2v) is 6.04. The van der Waals surface area contributed by atoms with Crippen molar-refractivity contribution in [3.63, 3.8) is 0 Å². The highest BCUT2D eigenvalue weighted by Crippen LogP contribution is 2.15. The Morgan fingerprint density at radius 1 is 1.30 bits per heavy atom. The molecular weight excluding hydrogens is 407 g/mol. The number of guanidine groups is 1. The third-order valence-electron chi connectivity index (χ3n) is 3.87. The molecule has 0 spiro atoms. The molecule has 2 rings (SSSR count). The minimum absolute atomic E-state index is 0. The molecular formula is C16H29IN4O2. The highest BCUT2D eigenvalue weighted by Gasteiger charge is 2.28. The molecule has 0 aromatic carbocycles. The van der Waals surface area contributed by atoms with E-state index in [4.69, 9.17) is 9.15 Å². The van der Waals surface area contributed by atoms with Gasteiger partial charge in [0.2, 0.25) is 0 Å². The molecule has 1 aromatic heterocycles. The Morgan fingerprint density at radius 3 is 2.65 bits per heavy atom. The van der Waals surface area contributed by atoms with Crippen LogP contribution in [0, 0.1) is 0 Å². The van der Waals surface area contributed by atoms with Crippen LogP contribution in [-0.2, 0) is 11.3 Å². The fraction of sp³-hybridized carbons (Fsp3) is 0.688. The van der Waals surface area contributed by atoms with Gasteiger partial charge in [-0.25, -0.2) is 4.99 Å². The van der Waals surface area contributed by atoms with Crippen molar-refractivity contribution < 1.29 is 9.15 Å². The number of ether oxygens (including phenoxy) is 1. The van der Waals surface area contributed by atoms with E-state index in [0.717, 1.165) is 51.1 Å². The number of halogens is 1. The van der Waals surface area contributed by atoms with Crippen LogP contribution in [0.1, 0.15) is 26.5 Å². The number of aliphatic imine (C=N–C) groups is 1. The summed E-state index contributed by atoms with van der Waals surface area (Å²) in [6.45, 7) is 12.4. The summed E-state index contributed by atoms with van der Waals surface area (Å²) in [7, 11) is 0. The maximum absolute atomic E-state index is 5.43. The quantitative estimate of drug-likeness (QED) is 0.406. The van der Waals surface area contributed by atoms with Crippen LogP contribution in [0.15, 0.2) is 27.8 Å². The molecule has 132 valence electrons.